The molecule has 1 aliphatic carbocycles. The molecular weight excluding hydrogens is 428 g/mol. The van der Waals surface area contributed by atoms with Crippen molar-refractivity contribution in [3.05, 3.63) is 70.5 Å². The summed E-state index contributed by atoms with van der Waals surface area (Å²) in [6.45, 7) is 0. The second-order valence-corrected chi connectivity index (χ2v) is 8.35. The van der Waals surface area contributed by atoms with Gasteiger partial charge < -0.3 is 9.72 Å². The Bertz CT molecular complexity index is 1340. The monoisotopic (exact) mass is 451 g/mol. The van der Waals surface area contributed by atoms with Crippen molar-refractivity contribution >= 4 is 11.0 Å². The predicted molar refractivity (Wildman–Crippen MR) is 120 cm³/mol. The standard InChI is InChI=1S/C24H23F2N5O2/c1-33-21-7-6-16(13-27-21)18-5-3-2-4-15(18)12-20-29-22-19(23(32)30-20)14-28-31(22)17-8-10-24(25,26)11-9-17/h2-7,13-14,17H,8-12H2,1H3,(H,29,30,32). The maximum atomic E-state index is 13.6. The van der Waals surface area contributed by atoms with Crippen LogP contribution in [-0.2, 0) is 6.42 Å². The van der Waals surface area contributed by atoms with Gasteiger partial charge >= 0.3 is 0 Å². The van der Waals surface area contributed by atoms with Gasteiger partial charge in [-0.15, -0.1) is 0 Å². The molecule has 4 aromatic rings. The second kappa shape index (κ2) is 8.38. The number of benzene rings is 1. The zero-order valence-electron chi connectivity index (χ0n) is 18.1. The van der Waals surface area contributed by atoms with Gasteiger partial charge in [-0.2, -0.15) is 5.10 Å². The van der Waals surface area contributed by atoms with Gasteiger partial charge in [0.15, 0.2) is 5.65 Å². The van der Waals surface area contributed by atoms with Gasteiger partial charge in [0.2, 0.25) is 11.8 Å². The Morgan fingerprint density at radius 1 is 1.15 bits per heavy atom. The van der Waals surface area contributed by atoms with E-state index in [0.717, 1.165) is 16.7 Å². The Morgan fingerprint density at radius 3 is 2.67 bits per heavy atom. The summed E-state index contributed by atoms with van der Waals surface area (Å²) in [7, 11) is 1.57. The molecule has 0 spiro atoms. The fraction of sp³-hybridized carbons (Fsp3) is 0.333. The zero-order chi connectivity index (χ0) is 23.0. The van der Waals surface area contributed by atoms with E-state index in [0.29, 0.717) is 42.0 Å². The highest BCUT2D eigenvalue weighted by molar-refractivity contribution is 5.73. The molecule has 9 heteroatoms. The van der Waals surface area contributed by atoms with Crippen LogP contribution in [0.4, 0.5) is 8.78 Å². The molecule has 1 fully saturated rings. The van der Waals surface area contributed by atoms with E-state index in [1.807, 2.05) is 30.3 Å². The lowest BCUT2D eigenvalue weighted by Crippen LogP contribution is -2.27. The minimum absolute atomic E-state index is 0.182. The van der Waals surface area contributed by atoms with Gasteiger partial charge in [0, 0.05) is 37.1 Å². The molecule has 0 amide bonds. The number of aromatic nitrogens is 5. The van der Waals surface area contributed by atoms with Gasteiger partial charge in [-0.1, -0.05) is 24.3 Å². The summed E-state index contributed by atoms with van der Waals surface area (Å²) in [5, 5.41) is 4.69. The molecule has 0 unspecified atom stereocenters. The topological polar surface area (TPSA) is 85.7 Å². The molecule has 3 heterocycles. The first kappa shape index (κ1) is 21.2. The molecule has 170 valence electrons. The molecule has 1 N–H and O–H groups in total. The van der Waals surface area contributed by atoms with E-state index in [1.54, 1.807) is 24.1 Å². The number of rotatable bonds is 5. The molecule has 1 saturated carbocycles. The minimum atomic E-state index is -2.63. The van der Waals surface area contributed by atoms with Crippen LogP contribution < -0.4 is 10.3 Å². The smallest absolute Gasteiger partial charge is 0.262 e. The highest BCUT2D eigenvalue weighted by atomic mass is 19.3. The second-order valence-electron chi connectivity index (χ2n) is 8.35. The third-order valence-electron chi connectivity index (χ3n) is 6.18. The van der Waals surface area contributed by atoms with Gasteiger partial charge in [0.25, 0.3) is 5.56 Å². The molecule has 0 radical (unpaired) electrons. The summed E-state index contributed by atoms with van der Waals surface area (Å²) in [4.78, 5) is 24.5. The zero-order valence-corrected chi connectivity index (χ0v) is 18.1. The summed E-state index contributed by atoms with van der Waals surface area (Å²) in [5.74, 6) is -1.61. The van der Waals surface area contributed by atoms with Gasteiger partial charge in [-0.05, 0) is 30.0 Å². The summed E-state index contributed by atoms with van der Waals surface area (Å²) < 4.78 is 34.0. The van der Waals surface area contributed by atoms with Crippen LogP contribution in [0.25, 0.3) is 22.2 Å². The normalized spacial score (nSPS) is 16.2. The molecule has 5 rings (SSSR count). The molecular formula is C24H23F2N5O2. The molecule has 0 aliphatic heterocycles. The van der Waals surface area contributed by atoms with E-state index in [2.05, 4.69) is 20.1 Å². The highest BCUT2D eigenvalue weighted by Gasteiger charge is 2.36. The molecule has 33 heavy (non-hydrogen) atoms. The lowest BCUT2D eigenvalue weighted by Gasteiger charge is -2.28. The Labute approximate surface area is 188 Å². The predicted octanol–water partition coefficient (Wildman–Crippen LogP) is 4.53. The number of hydrogen-bond acceptors (Lipinski definition) is 5. The van der Waals surface area contributed by atoms with Crippen LogP contribution in [0.15, 0.2) is 53.6 Å². The summed E-state index contributed by atoms with van der Waals surface area (Å²) in [5.41, 5.74) is 3.01. The number of H-pyrrole nitrogens is 1. The van der Waals surface area contributed by atoms with Crippen LogP contribution in [0.3, 0.4) is 0 Å². The van der Waals surface area contributed by atoms with Gasteiger partial charge in [-0.25, -0.2) is 23.4 Å². The van der Waals surface area contributed by atoms with Crippen molar-refractivity contribution in [2.24, 2.45) is 0 Å². The van der Waals surface area contributed by atoms with Crippen molar-refractivity contribution in [1.82, 2.24) is 24.7 Å². The summed E-state index contributed by atoms with van der Waals surface area (Å²) in [6, 6.07) is 11.4. The molecule has 0 saturated heterocycles. The number of alkyl halides is 2. The molecule has 1 aromatic carbocycles. The van der Waals surface area contributed by atoms with E-state index in [9.17, 15) is 13.6 Å². The lowest BCUT2D eigenvalue weighted by atomic mass is 9.92. The van der Waals surface area contributed by atoms with Crippen molar-refractivity contribution in [3.8, 4) is 17.0 Å². The van der Waals surface area contributed by atoms with Crippen LogP contribution in [0.1, 0.15) is 43.1 Å². The van der Waals surface area contributed by atoms with Gasteiger partial charge in [0.05, 0.1) is 19.3 Å². The Hall–Kier alpha value is -3.62. The third kappa shape index (κ3) is 4.22. The Kier molecular flexibility index (Phi) is 5.39. The first-order chi connectivity index (χ1) is 15.9. The quantitative estimate of drug-likeness (QED) is 0.482. The summed E-state index contributed by atoms with van der Waals surface area (Å²) >= 11 is 0. The number of methoxy groups -OCH3 is 1. The van der Waals surface area contributed by atoms with Crippen molar-refractivity contribution < 1.29 is 13.5 Å². The van der Waals surface area contributed by atoms with E-state index in [1.165, 1.54) is 6.20 Å². The average Bonchev–Trinajstić information content (AvgIpc) is 3.24. The van der Waals surface area contributed by atoms with Crippen LogP contribution in [0.2, 0.25) is 0 Å². The minimum Gasteiger partial charge on any atom is -0.481 e. The molecule has 0 atom stereocenters. The number of ether oxygens (including phenoxy) is 1. The third-order valence-corrected chi connectivity index (χ3v) is 6.18. The number of fused-ring (bicyclic) bond motifs is 1. The van der Waals surface area contributed by atoms with E-state index >= 15 is 0 Å². The molecule has 1 aliphatic rings. The summed E-state index contributed by atoms with van der Waals surface area (Å²) in [6.07, 6.45) is 3.85. The van der Waals surface area contributed by atoms with Crippen molar-refractivity contribution in [3.63, 3.8) is 0 Å². The molecule has 3 aromatic heterocycles. The number of nitrogens with zero attached hydrogens (tertiary/aromatic N) is 4. The van der Waals surface area contributed by atoms with Gasteiger partial charge in [-0.3, -0.25) is 4.79 Å². The highest BCUT2D eigenvalue weighted by Crippen LogP contribution is 2.38. The largest absolute Gasteiger partial charge is 0.481 e. The van der Waals surface area contributed by atoms with Crippen LogP contribution in [0.5, 0.6) is 5.88 Å². The van der Waals surface area contributed by atoms with E-state index < -0.39 is 5.92 Å². The Morgan fingerprint density at radius 2 is 1.94 bits per heavy atom. The number of nitrogens with one attached hydrogen (secondary N) is 1. The number of pyridine rings is 1. The average molecular weight is 451 g/mol. The number of halogens is 2. The first-order valence-electron chi connectivity index (χ1n) is 10.9. The van der Waals surface area contributed by atoms with E-state index in [4.69, 9.17) is 4.74 Å². The van der Waals surface area contributed by atoms with Crippen molar-refractivity contribution in [2.75, 3.05) is 7.11 Å². The van der Waals surface area contributed by atoms with Crippen LogP contribution >= 0.6 is 0 Å². The van der Waals surface area contributed by atoms with E-state index in [-0.39, 0.29) is 24.4 Å². The number of hydrogen-bond donors (Lipinski definition) is 1. The maximum Gasteiger partial charge on any atom is 0.262 e. The van der Waals surface area contributed by atoms with Crippen molar-refractivity contribution in [2.45, 2.75) is 44.1 Å². The van der Waals surface area contributed by atoms with Crippen molar-refractivity contribution in [1.29, 1.82) is 0 Å². The maximum absolute atomic E-state index is 13.6. The van der Waals surface area contributed by atoms with Gasteiger partial charge in [0.1, 0.15) is 11.2 Å². The fourth-order valence-corrected chi connectivity index (χ4v) is 4.40. The molecule has 0 bridgehead atoms. The molecule has 7 nitrogen and oxygen atoms in total. The van der Waals surface area contributed by atoms with Crippen LogP contribution in [0, 0.1) is 0 Å². The lowest BCUT2D eigenvalue weighted by molar-refractivity contribution is -0.0446. The number of aromatic amines is 1. The van der Waals surface area contributed by atoms with Crippen LogP contribution in [-0.4, -0.2) is 37.8 Å². The SMILES string of the molecule is COc1ccc(-c2ccccc2Cc2nc3c(cnn3C3CCC(F)(F)CC3)c(=O)[nH]2)cn1. The first-order valence-corrected chi connectivity index (χ1v) is 10.9. The Balaban J connectivity index is 1.48. The fourth-order valence-electron chi connectivity index (χ4n) is 4.40.